The van der Waals surface area contributed by atoms with Gasteiger partial charge in [0, 0.05) is 29.3 Å². The third kappa shape index (κ3) is 4.78. The van der Waals surface area contributed by atoms with E-state index in [0.29, 0.717) is 22.6 Å². The first-order chi connectivity index (χ1) is 14.1. The molecule has 30 heavy (non-hydrogen) atoms. The van der Waals surface area contributed by atoms with Crippen LogP contribution in [0.15, 0.2) is 72.5 Å². The lowest BCUT2D eigenvalue weighted by Gasteiger charge is -2.35. The second-order valence-electron chi connectivity index (χ2n) is 7.07. The van der Waals surface area contributed by atoms with Crippen LogP contribution < -0.4 is 9.62 Å². The minimum atomic E-state index is -4.87. The fourth-order valence-corrected chi connectivity index (χ4v) is 5.32. The van der Waals surface area contributed by atoms with Crippen LogP contribution in [-0.2, 0) is 16.4 Å². The van der Waals surface area contributed by atoms with Crippen LogP contribution in [0.3, 0.4) is 0 Å². The van der Waals surface area contributed by atoms with Gasteiger partial charge in [-0.25, -0.2) is 0 Å². The van der Waals surface area contributed by atoms with Crippen molar-refractivity contribution in [1.82, 2.24) is 3.89 Å². The summed E-state index contributed by atoms with van der Waals surface area (Å²) in [5, 5.41) is 0.407. The van der Waals surface area contributed by atoms with Crippen molar-refractivity contribution in [3.8, 4) is 0 Å². The van der Waals surface area contributed by atoms with E-state index >= 15 is 0 Å². The Morgan fingerprint density at radius 3 is 2.43 bits per heavy atom. The Labute approximate surface area is 178 Å². The molecule has 0 aliphatic carbocycles. The number of hydrogen-bond acceptors (Lipinski definition) is 3. The van der Waals surface area contributed by atoms with E-state index in [4.69, 9.17) is 17.3 Å². The zero-order chi connectivity index (χ0) is 22.0. The first-order valence-corrected chi connectivity index (χ1v) is 11.1. The lowest BCUT2D eigenvalue weighted by atomic mass is 10.0. The highest BCUT2D eigenvalue weighted by atomic mass is 35.5. The highest BCUT2D eigenvalue weighted by Gasteiger charge is 2.50. The van der Waals surface area contributed by atoms with Crippen LogP contribution in [-0.4, -0.2) is 33.4 Å². The van der Waals surface area contributed by atoms with Gasteiger partial charge in [0.15, 0.2) is 11.4 Å². The molecule has 0 fully saturated rings. The minimum absolute atomic E-state index is 0.00248. The van der Waals surface area contributed by atoms with E-state index in [2.05, 4.69) is 0 Å². The van der Waals surface area contributed by atoms with E-state index < -0.39 is 25.8 Å². The second kappa shape index (κ2) is 8.55. The number of quaternary nitrogens is 1. The number of nitrogens with two attached hydrogens (primary N) is 1. The molecule has 0 radical (unpaired) electrons. The van der Waals surface area contributed by atoms with Crippen molar-refractivity contribution in [2.24, 2.45) is 5.73 Å². The van der Waals surface area contributed by atoms with Crippen molar-refractivity contribution >= 4 is 27.3 Å². The summed E-state index contributed by atoms with van der Waals surface area (Å²) in [5.74, 6) is -1.95. The minimum Gasteiger partial charge on any atom is -0.326 e. The number of alkyl halides is 3. The van der Waals surface area contributed by atoms with Gasteiger partial charge in [0.2, 0.25) is 0 Å². The monoisotopic (exact) mass is 457 g/mol. The van der Waals surface area contributed by atoms with Crippen LogP contribution in [0.2, 0.25) is 5.02 Å². The summed E-state index contributed by atoms with van der Waals surface area (Å²) in [6.45, 7) is -0.170. The van der Waals surface area contributed by atoms with E-state index in [-0.39, 0.29) is 18.8 Å². The van der Waals surface area contributed by atoms with Crippen LogP contribution in [0.25, 0.3) is 0 Å². The van der Waals surface area contributed by atoms with Gasteiger partial charge in [0.1, 0.15) is 12.7 Å². The van der Waals surface area contributed by atoms with Crippen LogP contribution in [0, 0.1) is 0 Å². The molecule has 2 aromatic carbocycles. The van der Waals surface area contributed by atoms with Crippen molar-refractivity contribution in [1.29, 1.82) is 0 Å². The van der Waals surface area contributed by atoms with Gasteiger partial charge in [0.25, 0.3) is 0 Å². The maximum Gasteiger partial charge on any atom is 0.408 e. The number of nitrogens with zero attached hydrogens (tertiary/aromatic N) is 1. The van der Waals surface area contributed by atoms with E-state index in [1.165, 1.54) is 24.4 Å². The van der Waals surface area contributed by atoms with Gasteiger partial charge in [-0.15, -0.1) is 0 Å². The van der Waals surface area contributed by atoms with E-state index in [9.17, 15) is 21.6 Å². The Kier molecular flexibility index (Phi) is 6.43. The molecule has 0 spiro atoms. The Balaban J connectivity index is 2.15. The summed E-state index contributed by atoms with van der Waals surface area (Å²) in [6.07, 6.45) is -0.0179. The number of benzene rings is 2. The number of sulfonamides is 1. The molecule has 0 saturated heterocycles. The van der Waals surface area contributed by atoms with Crippen molar-refractivity contribution < 1.29 is 21.6 Å². The molecule has 1 aliphatic heterocycles. The van der Waals surface area contributed by atoms with Gasteiger partial charge >= 0.3 is 16.2 Å². The molecule has 0 bridgehead atoms. The quantitative estimate of drug-likeness (QED) is 0.648. The number of halogens is 4. The Morgan fingerprint density at radius 2 is 1.80 bits per heavy atom. The summed E-state index contributed by atoms with van der Waals surface area (Å²) < 4.78 is 64.5. The van der Waals surface area contributed by atoms with Crippen LogP contribution in [0.5, 0.6) is 0 Å². The molecule has 1 unspecified atom stereocenters. The molecule has 1 heterocycles. The van der Waals surface area contributed by atoms with Gasteiger partial charge in [-0.3, -0.25) is 0 Å². The van der Waals surface area contributed by atoms with Gasteiger partial charge in [-0.2, -0.15) is 25.5 Å². The summed E-state index contributed by atoms with van der Waals surface area (Å²) in [7, 11) is -4.71. The third-order valence-electron chi connectivity index (χ3n) is 4.86. The van der Waals surface area contributed by atoms with Crippen molar-refractivity contribution in [2.45, 2.75) is 12.6 Å². The second-order valence-corrected chi connectivity index (χ2v) is 9.58. The Morgan fingerprint density at radius 1 is 1.10 bits per heavy atom. The van der Waals surface area contributed by atoms with Crippen LogP contribution >= 0.6 is 11.6 Å². The molecule has 2 N–H and O–H groups in total. The first kappa shape index (κ1) is 22.6. The van der Waals surface area contributed by atoms with E-state index in [0.717, 1.165) is 5.56 Å². The fourth-order valence-electron chi connectivity index (χ4n) is 3.45. The van der Waals surface area contributed by atoms with Crippen molar-refractivity contribution in [2.75, 3.05) is 18.8 Å². The van der Waals surface area contributed by atoms with Gasteiger partial charge in [0.05, 0.1) is 0 Å². The topological polar surface area (TPSA) is 60.2 Å². The Bertz CT molecular complexity index is 1080. The van der Waals surface area contributed by atoms with E-state index in [1.54, 1.807) is 12.1 Å². The summed E-state index contributed by atoms with van der Waals surface area (Å²) in [6, 6.07) is 13.9. The molecule has 160 valence electrons. The summed E-state index contributed by atoms with van der Waals surface area (Å²) in [4.78, 5) is 0. The first-order valence-electron chi connectivity index (χ1n) is 9.15. The molecule has 0 amide bonds. The fraction of sp³-hybridized carbons (Fsp3) is 0.238. The molecule has 4 nitrogen and oxygen atoms in total. The number of hydrogen-bond donors (Lipinski definition) is 1. The van der Waals surface area contributed by atoms with Gasteiger partial charge in [-0.05, 0) is 29.7 Å². The SMILES string of the molecule is NCC1=C[N+](c2ccc(Cl)c(Cc3ccccc3)c2)(S(=O)(=O)CC(F)(F)F)CC=C1. The predicted octanol–water partition coefficient (Wildman–Crippen LogP) is 4.54. The average molecular weight is 458 g/mol. The summed E-state index contributed by atoms with van der Waals surface area (Å²) >= 11 is 6.32. The lowest BCUT2D eigenvalue weighted by molar-refractivity contribution is -0.106. The third-order valence-corrected chi connectivity index (χ3v) is 7.38. The van der Waals surface area contributed by atoms with Gasteiger partial charge in [-0.1, -0.05) is 48.0 Å². The van der Waals surface area contributed by atoms with Crippen LogP contribution in [0.1, 0.15) is 11.1 Å². The lowest BCUT2D eigenvalue weighted by Crippen LogP contribution is -2.54. The zero-order valence-electron chi connectivity index (χ0n) is 15.9. The summed E-state index contributed by atoms with van der Waals surface area (Å²) in [5.41, 5.74) is 7.85. The molecule has 2 aromatic rings. The predicted molar refractivity (Wildman–Crippen MR) is 113 cm³/mol. The molecule has 0 aromatic heterocycles. The molecule has 1 aliphatic rings. The van der Waals surface area contributed by atoms with Crippen LogP contribution in [0.4, 0.5) is 18.9 Å². The zero-order valence-corrected chi connectivity index (χ0v) is 17.5. The van der Waals surface area contributed by atoms with Gasteiger partial charge < -0.3 is 5.73 Å². The maximum absolute atomic E-state index is 13.1. The van der Waals surface area contributed by atoms with Crippen molar-refractivity contribution in [3.05, 3.63) is 88.6 Å². The molecule has 0 saturated carbocycles. The number of rotatable bonds is 6. The maximum atomic E-state index is 13.1. The van der Waals surface area contributed by atoms with E-state index in [1.807, 2.05) is 30.3 Å². The normalized spacial score (nSPS) is 19.6. The standard InChI is InChI=1S/C21H21ClF3N2O2S/c22-20-9-8-19(12-18(20)11-16-5-2-1-3-6-16)27(10-4-7-17(13-26)14-27)30(28,29)15-21(23,24)25/h1-9,12,14H,10-11,13,15,26H2/q+1. The molecule has 3 rings (SSSR count). The highest BCUT2D eigenvalue weighted by molar-refractivity contribution is 7.91. The highest BCUT2D eigenvalue weighted by Crippen LogP contribution is 2.37. The molecule has 1 atom stereocenters. The largest absolute Gasteiger partial charge is 0.408 e. The average Bonchev–Trinajstić information content (AvgIpc) is 2.68. The molecule has 9 heteroatoms. The van der Waals surface area contributed by atoms with Crippen molar-refractivity contribution in [3.63, 3.8) is 0 Å². The molecular formula is C21H21ClF3N2O2S+. The smallest absolute Gasteiger partial charge is 0.326 e. The molecular weight excluding hydrogens is 437 g/mol. The Hall–Kier alpha value is -2.13.